The molecular weight excluding hydrogens is 508 g/mol. The van der Waals surface area contributed by atoms with Crippen LogP contribution in [0.3, 0.4) is 0 Å². The number of ether oxygens (including phenoxy) is 4. The summed E-state index contributed by atoms with van der Waals surface area (Å²) < 4.78 is 25.8. The molecule has 4 aromatic rings. The standard InChI is InChI=1S/C34H33ClO4/c35-30-18-16-26(17-19-30)20-31-21-32(37-23-28-12-6-2-7-13-28)34(38-24-29-14-8-3-9-15-29)33(39-31)25-36-22-27-10-4-1-5-11-27/h1-20,32-34H,21-25H2/b31-20-/t32-,33-,34-/m1/s1. The predicted octanol–water partition coefficient (Wildman–Crippen LogP) is 7.86. The zero-order chi connectivity index (χ0) is 26.7. The first-order chi connectivity index (χ1) is 19.2. The number of halogens is 1. The molecule has 0 spiro atoms. The maximum absolute atomic E-state index is 6.54. The highest BCUT2D eigenvalue weighted by Crippen LogP contribution is 2.31. The van der Waals surface area contributed by atoms with E-state index in [9.17, 15) is 0 Å². The lowest BCUT2D eigenvalue weighted by Gasteiger charge is -2.39. The Morgan fingerprint density at radius 1 is 0.667 bits per heavy atom. The molecule has 4 nitrogen and oxygen atoms in total. The van der Waals surface area contributed by atoms with Crippen LogP contribution in [0.2, 0.25) is 5.02 Å². The molecule has 0 aliphatic carbocycles. The number of benzene rings is 4. The normalized spacial score (nSPS) is 20.0. The Balaban J connectivity index is 1.37. The summed E-state index contributed by atoms with van der Waals surface area (Å²) in [6, 6.07) is 38.3. The minimum Gasteiger partial charge on any atom is -0.489 e. The Kier molecular flexibility index (Phi) is 9.83. The smallest absolute Gasteiger partial charge is 0.150 e. The minimum atomic E-state index is -0.342. The van der Waals surface area contributed by atoms with Gasteiger partial charge < -0.3 is 18.9 Å². The Morgan fingerprint density at radius 2 is 1.21 bits per heavy atom. The molecular formula is C34H33ClO4. The van der Waals surface area contributed by atoms with E-state index in [4.69, 9.17) is 30.5 Å². The van der Waals surface area contributed by atoms with Crippen molar-refractivity contribution in [3.05, 3.63) is 148 Å². The number of hydrogen-bond acceptors (Lipinski definition) is 4. The van der Waals surface area contributed by atoms with Gasteiger partial charge in [-0.25, -0.2) is 0 Å². The molecule has 5 heteroatoms. The minimum absolute atomic E-state index is 0.216. The molecule has 0 aromatic heterocycles. The van der Waals surface area contributed by atoms with Crippen molar-refractivity contribution in [3.8, 4) is 0 Å². The van der Waals surface area contributed by atoms with Crippen molar-refractivity contribution in [3.63, 3.8) is 0 Å². The molecule has 0 radical (unpaired) electrons. The van der Waals surface area contributed by atoms with Crippen LogP contribution in [0.4, 0.5) is 0 Å². The zero-order valence-electron chi connectivity index (χ0n) is 21.8. The Labute approximate surface area is 235 Å². The van der Waals surface area contributed by atoms with E-state index >= 15 is 0 Å². The van der Waals surface area contributed by atoms with Crippen LogP contribution in [-0.2, 0) is 38.8 Å². The van der Waals surface area contributed by atoms with E-state index in [0.717, 1.165) is 28.0 Å². The first kappa shape index (κ1) is 27.2. The molecule has 1 aliphatic heterocycles. The van der Waals surface area contributed by atoms with E-state index in [-0.39, 0.29) is 18.3 Å². The second-order valence-electron chi connectivity index (χ2n) is 9.62. The summed E-state index contributed by atoms with van der Waals surface area (Å²) in [5.74, 6) is 0.836. The summed E-state index contributed by atoms with van der Waals surface area (Å²) in [4.78, 5) is 0. The largest absolute Gasteiger partial charge is 0.489 e. The third-order valence-corrected chi connectivity index (χ3v) is 6.87. The average Bonchev–Trinajstić information content (AvgIpc) is 2.98. The molecule has 5 rings (SSSR count). The van der Waals surface area contributed by atoms with Gasteiger partial charge in [-0.15, -0.1) is 0 Å². The first-order valence-electron chi connectivity index (χ1n) is 13.3. The van der Waals surface area contributed by atoms with Gasteiger partial charge in [-0.05, 0) is 40.5 Å². The van der Waals surface area contributed by atoms with E-state index in [1.165, 1.54) is 0 Å². The highest BCUT2D eigenvalue weighted by atomic mass is 35.5. The fraction of sp³-hybridized carbons (Fsp3) is 0.235. The van der Waals surface area contributed by atoms with Crippen LogP contribution in [-0.4, -0.2) is 24.9 Å². The molecule has 0 unspecified atom stereocenters. The van der Waals surface area contributed by atoms with Gasteiger partial charge in [0.05, 0.1) is 38.3 Å². The van der Waals surface area contributed by atoms with E-state index in [1.54, 1.807) is 0 Å². The highest BCUT2D eigenvalue weighted by molar-refractivity contribution is 6.30. The lowest BCUT2D eigenvalue weighted by Crippen LogP contribution is -2.48. The molecule has 0 saturated carbocycles. The fourth-order valence-corrected chi connectivity index (χ4v) is 4.74. The maximum Gasteiger partial charge on any atom is 0.150 e. The quantitative estimate of drug-likeness (QED) is 0.194. The van der Waals surface area contributed by atoms with Crippen LogP contribution < -0.4 is 0 Å². The molecule has 1 fully saturated rings. The van der Waals surface area contributed by atoms with Gasteiger partial charge in [-0.3, -0.25) is 0 Å². The first-order valence-corrected chi connectivity index (χ1v) is 13.7. The Bertz CT molecular complexity index is 1290. The second kappa shape index (κ2) is 14.1. The Morgan fingerprint density at radius 3 is 1.79 bits per heavy atom. The van der Waals surface area contributed by atoms with Gasteiger partial charge >= 0.3 is 0 Å². The maximum atomic E-state index is 6.54. The molecule has 1 saturated heterocycles. The van der Waals surface area contributed by atoms with Crippen LogP contribution in [0.1, 0.15) is 28.7 Å². The molecule has 0 N–H and O–H groups in total. The lowest BCUT2D eigenvalue weighted by atomic mass is 9.98. The van der Waals surface area contributed by atoms with Crippen molar-refractivity contribution in [2.45, 2.75) is 44.6 Å². The van der Waals surface area contributed by atoms with Crippen molar-refractivity contribution in [2.75, 3.05) is 6.61 Å². The fourth-order valence-electron chi connectivity index (χ4n) is 4.61. The molecule has 0 bridgehead atoms. The van der Waals surface area contributed by atoms with Crippen molar-refractivity contribution < 1.29 is 18.9 Å². The zero-order valence-corrected chi connectivity index (χ0v) is 22.6. The van der Waals surface area contributed by atoms with E-state index in [2.05, 4.69) is 36.4 Å². The summed E-state index contributed by atoms with van der Waals surface area (Å²) in [7, 11) is 0. The second-order valence-corrected chi connectivity index (χ2v) is 10.1. The van der Waals surface area contributed by atoms with E-state index in [0.29, 0.717) is 37.9 Å². The number of rotatable bonds is 11. The predicted molar refractivity (Wildman–Crippen MR) is 155 cm³/mol. The lowest BCUT2D eigenvalue weighted by molar-refractivity contribution is -0.177. The summed E-state index contributed by atoms with van der Waals surface area (Å²) in [5, 5.41) is 0.701. The van der Waals surface area contributed by atoms with Crippen molar-refractivity contribution >= 4 is 17.7 Å². The highest BCUT2D eigenvalue weighted by Gasteiger charge is 2.39. The monoisotopic (exact) mass is 540 g/mol. The summed E-state index contributed by atoms with van der Waals surface area (Å²) in [6.45, 7) is 1.82. The molecule has 200 valence electrons. The van der Waals surface area contributed by atoms with Gasteiger partial charge in [0.1, 0.15) is 6.10 Å². The third-order valence-electron chi connectivity index (χ3n) is 6.62. The van der Waals surface area contributed by atoms with Crippen LogP contribution in [0.5, 0.6) is 0 Å². The van der Waals surface area contributed by atoms with Crippen LogP contribution >= 0.6 is 11.6 Å². The Hall–Kier alpha value is -3.41. The van der Waals surface area contributed by atoms with Gasteiger partial charge in [-0.1, -0.05) is 115 Å². The molecule has 39 heavy (non-hydrogen) atoms. The van der Waals surface area contributed by atoms with Gasteiger partial charge in [0.2, 0.25) is 0 Å². The van der Waals surface area contributed by atoms with Crippen LogP contribution in [0, 0.1) is 0 Å². The molecule has 1 aliphatic rings. The van der Waals surface area contributed by atoms with E-state index in [1.807, 2.05) is 84.9 Å². The summed E-state index contributed by atoms with van der Waals surface area (Å²) in [5.41, 5.74) is 4.35. The molecule has 3 atom stereocenters. The van der Waals surface area contributed by atoms with Crippen LogP contribution in [0.25, 0.3) is 6.08 Å². The summed E-state index contributed by atoms with van der Waals surface area (Å²) >= 11 is 6.11. The van der Waals surface area contributed by atoms with E-state index < -0.39 is 0 Å². The SMILES string of the molecule is Clc1ccc(/C=C2/C[C@@H](OCc3ccccc3)[C@@H](OCc3ccccc3)[C@@H](COCc3ccccc3)O2)cc1. The molecule has 1 heterocycles. The molecule has 0 amide bonds. The number of hydrogen-bond donors (Lipinski definition) is 0. The van der Waals surface area contributed by atoms with Gasteiger partial charge in [0, 0.05) is 11.4 Å². The summed E-state index contributed by atoms with van der Waals surface area (Å²) in [6.07, 6.45) is 1.76. The van der Waals surface area contributed by atoms with Crippen molar-refractivity contribution in [2.24, 2.45) is 0 Å². The van der Waals surface area contributed by atoms with Gasteiger partial charge in [-0.2, -0.15) is 0 Å². The van der Waals surface area contributed by atoms with Crippen LogP contribution in [0.15, 0.2) is 121 Å². The average molecular weight is 541 g/mol. The van der Waals surface area contributed by atoms with Gasteiger partial charge in [0.25, 0.3) is 0 Å². The van der Waals surface area contributed by atoms with Gasteiger partial charge in [0.15, 0.2) is 6.10 Å². The van der Waals surface area contributed by atoms with Crippen molar-refractivity contribution in [1.82, 2.24) is 0 Å². The topological polar surface area (TPSA) is 36.9 Å². The third kappa shape index (κ3) is 8.29. The van der Waals surface area contributed by atoms with Crippen molar-refractivity contribution in [1.29, 1.82) is 0 Å². The molecule has 4 aromatic carbocycles.